The average molecular weight is 443 g/mol. The number of ketones is 1. The molecule has 0 aliphatic heterocycles. The number of aliphatic imine (C=N–C) groups is 1. The average Bonchev–Trinajstić information content (AvgIpc) is 2.74. The first-order chi connectivity index (χ1) is 14.7. The summed E-state index contributed by atoms with van der Waals surface area (Å²) in [6.45, 7) is -0.149. The van der Waals surface area contributed by atoms with E-state index < -0.39 is 21.4 Å². The number of nitrogens with two attached hydrogens (primary N) is 2. The topological polar surface area (TPSA) is 211 Å². The summed E-state index contributed by atoms with van der Waals surface area (Å²) in [5.41, 5.74) is 10.5. The second-order valence-electron chi connectivity index (χ2n) is 5.97. The van der Waals surface area contributed by atoms with Gasteiger partial charge in [-0.1, -0.05) is 0 Å². The zero-order valence-corrected chi connectivity index (χ0v) is 16.6. The van der Waals surface area contributed by atoms with Gasteiger partial charge in [0.05, 0.1) is 17.7 Å². The van der Waals surface area contributed by atoms with Crippen LogP contribution in [0.1, 0.15) is 0 Å². The summed E-state index contributed by atoms with van der Waals surface area (Å²) in [7, 11) is -3.86. The van der Waals surface area contributed by atoms with E-state index in [0.29, 0.717) is 5.69 Å². The molecule has 0 bridgehead atoms. The maximum Gasteiger partial charge on any atom is 0.277 e. The number of nitrogen functional groups attached to an aromatic ring is 2. The van der Waals surface area contributed by atoms with Gasteiger partial charge in [0.1, 0.15) is 5.69 Å². The number of aromatic nitrogens is 4. The number of nitrogens with one attached hydrogen (secondary N) is 3. The zero-order chi connectivity index (χ0) is 22.4. The van der Waals surface area contributed by atoms with Crippen molar-refractivity contribution < 1.29 is 13.2 Å². The molecule has 0 spiro atoms. The summed E-state index contributed by atoms with van der Waals surface area (Å²) in [5.74, 6) is -0.842. The molecule has 2 heterocycles. The Balaban J connectivity index is 1.60. The van der Waals surface area contributed by atoms with Crippen LogP contribution in [0.25, 0.3) is 0 Å². The molecule has 3 aromatic rings. The van der Waals surface area contributed by atoms with Crippen LogP contribution in [-0.4, -0.2) is 46.9 Å². The molecule has 0 unspecified atom stereocenters. The number of anilines is 4. The number of nitrogens with zero attached hydrogens (tertiary/aromatic N) is 4. The number of benzene rings is 1. The first kappa shape index (κ1) is 21.4. The fraction of sp³-hybridized carbons (Fsp3) is 0.0588. The Bertz CT molecular complexity index is 1270. The Morgan fingerprint density at radius 3 is 2.52 bits per heavy atom. The minimum atomic E-state index is -3.86. The summed E-state index contributed by atoms with van der Waals surface area (Å²) in [6, 6.07) is 7.25. The Kier molecular flexibility index (Phi) is 6.21. The second kappa shape index (κ2) is 9.00. The quantitative estimate of drug-likeness (QED) is 0.292. The number of carbonyl (C=O) groups is 1. The van der Waals surface area contributed by atoms with E-state index in [1.807, 2.05) is 0 Å². The number of hydrogen-bond donors (Lipinski definition) is 5. The van der Waals surface area contributed by atoms with Gasteiger partial charge < -0.3 is 16.8 Å². The lowest BCUT2D eigenvalue weighted by atomic mass is 10.3. The minimum absolute atomic E-state index is 0.00756. The van der Waals surface area contributed by atoms with Crippen molar-refractivity contribution in [2.75, 3.05) is 28.1 Å². The van der Waals surface area contributed by atoms with Gasteiger partial charge in [-0.3, -0.25) is 14.6 Å². The molecule has 13 nitrogen and oxygen atoms in total. The summed E-state index contributed by atoms with van der Waals surface area (Å²) >= 11 is 0. The maximum absolute atomic E-state index is 12.3. The van der Waals surface area contributed by atoms with Gasteiger partial charge in [-0.05, 0) is 30.3 Å². The molecular formula is C17H17N9O4S. The SMILES string of the molecule is Nc1nc(N=CC(=O)CNc2ccc(S(=O)(=O)Nc3ncccn3)cc2)c(N)c(=O)[nH]1. The molecule has 1 aromatic carbocycles. The first-order valence-electron chi connectivity index (χ1n) is 8.60. The van der Waals surface area contributed by atoms with Gasteiger partial charge in [0.15, 0.2) is 11.6 Å². The highest BCUT2D eigenvalue weighted by molar-refractivity contribution is 7.92. The second-order valence-corrected chi connectivity index (χ2v) is 7.65. The number of carbonyl (C=O) groups excluding carboxylic acids is 1. The molecule has 160 valence electrons. The highest BCUT2D eigenvalue weighted by atomic mass is 32.2. The highest BCUT2D eigenvalue weighted by Crippen LogP contribution is 2.16. The Morgan fingerprint density at radius 2 is 1.84 bits per heavy atom. The van der Waals surface area contributed by atoms with E-state index in [1.54, 1.807) is 6.07 Å². The van der Waals surface area contributed by atoms with E-state index in [4.69, 9.17) is 11.5 Å². The van der Waals surface area contributed by atoms with Gasteiger partial charge in [0.2, 0.25) is 11.9 Å². The molecule has 3 rings (SSSR count). The number of rotatable bonds is 8. The molecule has 0 saturated carbocycles. The monoisotopic (exact) mass is 443 g/mol. The molecule has 14 heteroatoms. The lowest BCUT2D eigenvalue weighted by Crippen LogP contribution is -2.17. The van der Waals surface area contributed by atoms with E-state index >= 15 is 0 Å². The molecule has 0 atom stereocenters. The van der Waals surface area contributed by atoms with E-state index in [2.05, 4.69) is 35.0 Å². The van der Waals surface area contributed by atoms with Crippen molar-refractivity contribution in [3.05, 3.63) is 53.1 Å². The predicted molar refractivity (Wildman–Crippen MR) is 115 cm³/mol. The van der Waals surface area contributed by atoms with Crippen LogP contribution in [0.3, 0.4) is 0 Å². The van der Waals surface area contributed by atoms with Crippen molar-refractivity contribution in [1.82, 2.24) is 19.9 Å². The number of Topliss-reactive ketones (excluding diaryl/α,β-unsaturated/α-hetero) is 1. The molecule has 2 aromatic heterocycles. The predicted octanol–water partition coefficient (Wildman–Crippen LogP) is -0.0914. The largest absolute Gasteiger partial charge is 0.391 e. The van der Waals surface area contributed by atoms with Gasteiger partial charge in [0, 0.05) is 18.1 Å². The van der Waals surface area contributed by atoms with Crippen LogP contribution in [0.5, 0.6) is 0 Å². The molecule has 0 aliphatic rings. The molecule has 0 fully saturated rings. The van der Waals surface area contributed by atoms with E-state index in [1.165, 1.54) is 36.7 Å². The lowest BCUT2D eigenvalue weighted by molar-refractivity contribution is -0.111. The van der Waals surface area contributed by atoms with Crippen molar-refractivity contribution in [3.63, 3.8) is 0 Å². The van der Waals surface area contributed by atoms with Gasteiger partial charge >= 0.3 is 0 Å². The van der Waals surface area contributed by atoms with Crippen LogP contribution < -0.4 is 27.1 Å². The number of hydrogen-bond acceptors (Lipinski definition) is 11. The van der Waals surface area contributed by atoms with Gasteiger partial charge in [-0.2, -0.15) is 4.98 Å². The Morgan fingerprint density at radius 1 is 1.16 bits per heavy atom. The molecule has 7 N–H and O–H groups in total. The standard InChI is InChI=1S/C17H17N9O4S/c18-13-14(24-16(19)25-15(13)28)23-9-11(27)8-22-10-2-4-12(5-3-10)31(29,30)26-17-20-6-1-7-21-17/h1-7,9,22H,8,18H2,(H,20,21,26)(H3,19,24,25,28). The molecular weight excluding hydrogens is 426 g/mol. The summed E-state index contributed by atoms with van der Waals surface area (Å²) in [6.07, 6.45) is 3.77. The summed E-state index contributed by atoms with van der Waals surface area (Å²) in [5, 5.41) is 2.82. The zero-order valence-electron chi connectivity index (χ0n) is 15.8. The maximum atomic E-state index is 12.3. The van der Waals surface area contributed by atoms with Crippen LogP contribution in [0, 0.1) is 0 Å². The highest BCUT2D eigenvalue weighted by Gasteiger charge is 2.15. The van der Waals surface area contributed by atoms with Crippen LogP contribution >= 0.6 is 0 Å². The van der Waals surface area contributed by atoms with E-state index in [-0.39, 0.29) is 34.8 Å². The van der Waals surface area contributed by atoms with Crippen LogP contribution in [-0.2, 0) is 14.8 Å². The van der Waals surface area contributed by atoms with Crippen molar-refractivity contribution in [2.24, 2.45) is 4.99 Å². The third kappa shape index (κ3) is 5.60. The number of aromatic amines is 1. The molecule has 31 heavy (non-hydrogen) atoms. The van der Waals surface area contributed by atoms with Gasteiger partial charge in [-0.25, -0.2) is 28.1 Å². The van der Waals surface area contributed by atoms with Crippen LogP contribution in [0.15, 0.2) is 57.4 Å². The summed E-state index contributed by atoms with van der Waals surface area (Å²) in [4.78, 5) is 40.8. The Hall–Kier alpha value is -4.33. The number of H-pyrrole nitrogens is 1. The van der Waals surface area contributed by atoms with Crippen molar-refractivity contribution >= 4 is 51.1 Å². The van der Waals surface area contributed by atoms with Crippen molar-refractivity contribution in [3.8, 4) is 0 Å². The van der Waals surface area contributed by atoms with Crippen molar-refractivity contribution in [2.45, 2.75) is 4.90 Å². The third-order valence-electron chi connectivity index (χ3n) is 3.71. The molecule has 0 saturated heterocycles. The fourth-order valence-corrected chi connectivity index (χ4v) is 3.19. The van der Waals surface area contributed by atoms with Crippen molar-refractivity contribution in [1.29, 1.82) is 0 Å². The molecule has 0 aliphatic carbocycles. The van der Waals surface area contributed by atoms with Gasteiger partial charge in [-0.15, -0.1) is 0 Å². The smallest absolute Gasteiger partial charge is 0.277 e. The third-order valence-corrected chi connectivity index (χ3v) is 5.05. The van der Waals surface area contributed by atoms with Crippen LogP contribution in [0.4, 0.5) is 29.1 Å². The normalized spacial score (nSPS) is 11.4. The number of sulfonamides is 1. The van der Waals surface area contributed by atoms with E-state index in [9.17, 15) is 18.0 Å². The molecule has 0 amide bonds. The van der Waals surface area contributed by atoms with Crippen LogP contribution in [0.2, 0.25) is 0 Å². The Labute approximate surface area is 175 Å². The minimum Gasteiger partial charge on any atom is -0.391 e. The molecule has 0 radical (unpaired) electrons. The first-order valence-corrected chi connectivity index (χ1v) is 10.1. The fourth-order valence-electron chi connectivity index (χ4n) is 2.24. The van der Waals surface area contributed by atoms with Gasteiger partial charge in [0.25, 0.3) is 15.6 Å². The van der Waals surface area contributed by atoms with E-state index in [0.717, 1.165) is 6.21 Å². The lowest BCUT2D eigenvalue weighted by Gasteiger charge is -2.08. The summed E-state index contributed by atoms with van der Waals surface area (Å²) < 4.78 is 26.9.